The molecule has 0 radical (unpaired) electrons. The third-order valence-corrected chi connectivity index (χ3v) is 15.3. The lowest BCUT2D eigenvalue weighted by atomic mass is 9.63. The van der Waals surface area contributed by atoms with Gasteiger partial charge >= 0.3 is 0 Å². The second-order valence-electron chi connectivity index (χ2n) is 24.2. The fourth-order valence-corrected chi connectivity index (χ4v) is 11.4. The van der Waals surface area contributed by atoms with Crippen molar-refractivity contribution in [2.45, 2.75) is 105 Å². The number of para-hydroxylation sites is 4. The van der Waals surface area contributed by atoms with Crippen LogP contribution in [0.3, 0.4) is 0 Å². The zero-order valence-corrected chi connectivity index (χ0v) is 45.2. The highest BCUT2D eigenvalue weighted by molar-refractivity contribution is 6.09. The van der Waals surface area contributed by atoms with Crippen LogP contribution in [-0.4, -0.2) is 16.2 Å². The van der Waals surface area contributed by atoms with Crippen molar-refractivity contribution in [2.75, 3.05) is 16.5 Å². The summed E-state index contributed by atoms with van der Waals surface area (Å²) in [4.78, 5) is 9.06. The van der Waals surface area contributed by atoms with Crippen LogP contribution >= 0.6 is 0 Å². The van der Waals surface area contributed by atoms with Gasteiger partial charge in [-0.05, 0) is 146 Å². The normalized spacial score (nSPS) is 16.9. The monoisotopic (exact) mass is 1000 g/mol. The maximum atomic E-state index is 10.3. The highest BCUT2D eigenvalue weighted by atomic mass is 16.5. The van der Waals surface area contributed by atoms with Crippen LogP contribution in [0, 0.1) is 5.41 Å². The molecule has 1 aliphatic heterocycles. The molecule has 2 aromatic heterocycles. The zero-order valence-electron chi connectivity index (χ0n) is 55.2. The Morgan fingerprint density at radius 1 is 0.566 bits per heavy atom. The molecular weight excluding hydrogens is 925 g/mol. The van der Waals surface area contributed by atoms with Crippen LogP contribution in [0.5, 0.6) is 11.5 Å². The molecule has 76 heavy (non-hydrogen) atoms. The highest BCUT2D eigenvalue weighted by Crippen LogP contribution is 2.53. The predicted molar refractivity (Wildman–Crippen MR) is 321 cm³/mol. The number of anilines is 4. The average molecular weight is 1010 g/mol. The number of pyridine rings is 1. The molecule has 0 spiro atoms. The first-order valence-corrected chi connectivity index (χ1v) is 26.5. The Hall–Kier alpha value is -7.89. The average Bonchev–Trinajstić information content (AvgIpc) is 1.07. The minimum Gasteiger partial charge on any atom is -0.457 e. The molecule has 380 valence electrons. The fraction of sp³-hybridized carbons (Fsp3) is 0.254. The molecule has 0 saturated heterocycles. The van der Waals surface area contributed by atoms with E-state index < -0.39 is 16.2 Å². The summed E-state index contributed by atoms with van der Waals surface area (Å²) >= 11 is 0. The van der Waals surface area contributed by atoms with E-state index in [1.165, 1.54) is 0 Å². The minimum atomic E-state index is -0.642. The number of nitrogens with zero attached hydrogens (tertiary/aromatic N) is 4. The number of benzene rings is 8. The van der Waals surface area contributed by atoms with Crippen LogP contribution in [0.25, 0.3) is 61.0 Å². The Morgan fingerprint density at radius 3 is 1.99 bits per heavy atom. The first-order chi connectivity index (χ1) is 40.6. The van der Waals surface area contributed by atoms with Crippen molar-refractivity contribution in [3.8, 4) is 50.7 Å². The number of hydrogen-bond acceptors (Lipinski definition) is 4. The van der Waals surface area contributed by atoms with Gasteiger partial charge in [0.15, 0.2) is 0 Å². The Morgan fingerprint density at radius 2 is 1.24 bits per heavy atom. The van der Waals surface area contributed by atoms with Crippen molar-refractivity contribution < 1.29 is 18.4 Å². The number of rotatable bonds is 9. The lowest BCUT2D eigenvalue weighted by molar-refractivity contribution is 0.332. The van der Waals surface area contributed by atoms with Crippen LogP contribution < -0.4 is 14.5 Å². The first kappa shape index (κ1) is 38.6. The van der Waals surface area contributed by atoms with Crippen molar-refractivity contribution in [1.82, 2.24) is 9.55 Å². The Bertz CT molecular complexity index is 4440. The van der Waals surface area contributed by atoms with Gasteiger partial charge in [-0.3, -0.25) is 4.57 Å². The molecule has 5 heteroatoms. The number of aromatic nitrogens is 2. The Kier molecular flexibility index (Phi) is 9.37. The van der Waals surface area contributed by atoms with Crippen LogP contribution in [0.2, 0.25) is 0 Å². The van der Waals surface area contributed by atoms with Crippen molar-refractivity contribution >= 4 is 44.6 Å². The van der Waals surface area contributed by atoms with Gasteiger partial charge < -0.3 is 14.5 Å². The Labute approximate surface area is 464 Å². The quantitative estimate of drug-likeness (QED) is 0.144. The van der Waals surface area contributed by atoms with Crippen molar-refractivity contribution in [2.24, 2.45) is 5.41 Å². The van der Waals surface area contributed by atoms with Crippen LogP contribution in [0.15, 0.2) is 194 Å². The predicted octanol–water partition coefficient (Wildman–Crippen LogP) is 19.5. The maximum Gasteiger partial charge on any atom is 0.137 e. The molecule has 0 N–H and O–H groups in total. The van der Waals surface area contributed by atoms with Gasteiger partial charge in [0, 0.05) is 45.9 Å². The third-order valence-electron chi connectivity index (χ3n) is 15.3. The molecule has 2 aliphatic rings. The summed E-state index contributed by atoms with van der Waals surface area (Å²) in [5.41, 5.74) is 8.23. The molecule has 12 rings (SSSR count). The highest BCUT2D eigenvalue weighted by Gasteiger charge is 2.38. The standard InChI is InChI=1S/C71H70N4O/c1-68(2,3)45-47-36-39-72-66(40-47)75-62-27-15-14-24-57(62)58-34-32-53(44-65(58)75)76-52-23-18-22-51(43-52)73-46-74(64-29-17-16-28-63(64)73)67-55(49-30-33-54(48-20-12-11-13-21-48)60(41-49)69(4,5)6)25-19-26-56(67)50-31-35-59-61(42-50)71(9,10)38-37-70(59,7)8/h11-36,39-44H,37-38,45-46H2,1-10H3/i14D,15D,24D,27D,30D,31D,33D,35D,41D,42D. The van der Waals surface area contributed by atoms with Gasteiger partial charge in [0.25, 0.3) is 0 Å². The topological polar surface area (TPSA) is 33.5 Å². The summed E-state index contributed by atoms with van der Waals surface area (Å²) in [6.45, 7) is 21.2. The van der Waals surface area contributed by atoms with Crippen LogP contribution in [-0.2, 0) is 22.7 Å². The molecule has 5 nitrogen and oxygen atoms in total. The van der Waals surface area contributed by atoms with Crippen LogP contribution in [0.4, 0.5) is 22.7 Å². The summed E-state index contributed by atoms with van der Waals surface area (Å²) in [6.07, 6.45) is 4.10. The van der Waals surface area contributed by atoms with Crippen molar-refractivity contribution in [1.29, 1.82) is 0 Å². The number of ether oxygens (including phenoxy) is 1. The molecule has 0 atom stereocenters. The molecular formula is C71H70N4O. The number of fused-ring (bicyclic) bond motifs is 5. The van der Waals surface area contributed by atoms with Gasteiger partial charge in [-0.1, -0.05) is 184 Å². The molecule has 8 aromatic carbocycles. The van der Waals surface area contributed by atoms with E-state index in [1.807, 2.05) is 153 Å². The SMILES string of the molecule is [2H]c1c([2H])c(-c2ccccc2)c(C(C)(C)C)c([2H])c1-c1cccc(-c2c([2H])c([2H])c3c(c2[2H])C(C)(C)CCC3(C)C)c1N1CN(c2cccc(Oc3ccc4c5c([2H])c([2H])c([2H])c([2H])c5n(-c5cc(CC(C)(C)C)ccn5)c4c3)c2)c2ccccc21. The molecule has 0 bridgehead atoms. The van der Waals surface area contributed by atoms with Gasteiger partial charge in [0.1, 0.15) is 24.0 Å². The zero-order chi connectivity index (χ0) is 61.4. The summed E-state index contributed by atoms with van der Waals surface area (Å²) in [5, 5.41) is 1.01. The van der Waals surface area contributed by atoms with E-state index in [9.17, 15) is 9.60 Å². The molecule has 10 aromatic rings. The molecule has 0 amide bonds. The summed E-state index contributed by atoms with van der Waals surface area (Å²) in [6, 6.07) is 39.6. The van der Waals surface area contributed by atoms with Gasteiger partial charge in [-0.15, -0.1) is 0 Å². The van der Waals surface area contributed by atoms with Crippen LogP contribution in [0.1, 0.15) is 118 Å². The molecule has 0 fully saturated rings. The Balaban J connectivity index is 1.03. The minimum absolute atomic E-state index is 0.00818. The third kappa shape index (κ3) is 8.93. The summed E-state index contributed by atoms with van der Waals surface area (Å²) in [7, 11) is 0. The lowest BCUT2D eigenvalue weighted by Crippen LogP contribution is -2.33. The second kappa shape index (κ2) is 18.4. The number of hydrogen-bond donors (Lipinski definition) is 0. The fourth-order valence-electron chi connectivity index (χ4n) is 11.4. The van der Waals surface area contributed by atoms with Crippen molar-refractivity contribution in [3.05, 3.63) is 216 Å². The van der Waals surface area contributed by atoms with E-state index in [1.54, 1.807) is 6.20 Å². The lowest BCUT2D eigenvalue weighted by Gasteiger charge is -2.42. The van der Waals surface area contributed by atoms with Crippen molar-refractivity contribution in [3.63, 3.8) is 0 Å². The second-order valence-corrected chi connectivity index (χ2v) is 24.2. The summed E-state index contributed by atoms with van der Waals surface area (Å²) in [5.74, 6) is 1.49. The van der Waals surface area contributed by atoms with E-state index in [-0.39, 0.29) is 78.1 Å². The van der Waals surface area contributed by atoms with E-state index in [0.717, 1.165) is 58.6 Å². The first-order valence-electron chi connectivity index (χ1n) is 31.5. The van der Waals surface area contributed by atoms with E-state index >= 15 is 0 Å². The van der Waals surface area contributed by atoms with E-state index in [0.29, 0.717) is 72.6 Å². The van der Waals surface area contributed by atoms with Gasteiger partial charge in [-0.25, -0.2) is 4.98 Å². The van der Waals surface area contributed by atoms with E-state index in [4.69, 9.17) is 13.8 Å². The largest absolute Gasteiger partial charge is 0.457 e. The van der Waals surface area contributed by atoms with Gasteiger partial charge in [-0.2, -0.15) is 0 Å². The van der Waals surface area contributed by atoms with Gasteiger partial charge in [0.05, 0.1) is 41.8 Å². The molecule has 3 heterocycles. The summed E-state index contributed by atoms with van der Waals surface area (Å²) < 4.78 is 104. The van der Waals surface area contributed by atoms with E-state index in [2.05, 4.69) is 58.3 Å². The molecule has 1 aliphatic carbocycles. The van der Waals surface area contributed by atoms with Gasteiger partial charge in [0.2, 0.25) is 0 Å². The maximum absolute atomic E-state index is 10.3. The smallest absolute Gasteiger partial charge is 0.137 e. The molecule has 0 saturated carbocycles. The molecule has 0 unspecified atom stereocenters.